The van der Waals surface area contributed by atoms with Crippen LogP contribution in [0.25, 0.3) is 11.5 Å². The summed E-state index contributed by atoms with van der Waals surface area (Å²) in [6, 6.07) is 5.07. The molecular weight excluding hydrogens is 310 g/mol. The third-order valence-corrected chi connectivity index (χ3v) is 4.16. The van der Waals surface area contributed by atoms with Gasteiger partial charge in [-0.2, -0.15) is 0 Å². The molecule has 3 heterocycles. The summed E-state index contributed by atoms with van der Waals surface area (Å²) in [4.78, 5) is 28.1. The number of nitrogens with zero attached hydrogens (tertiary/aromatic N) is 3. The molecule has 0 saturated carbocycles. The molecule has 7 nitrogen and oxygen atoms in total. The Morgan fingerprint density at radius 2 is 1.92 bits per heavy atom. The van der Waals surface area contributed by atoms with E-state index in [1.807, 2.05) is 4.90 Å². The average molecular weight is 331 g/mol. The van der Waals surface area contributed by atoms with Gasteiger partial charge in [0.1, 0.15) is 0 Å². The van der Waals surface area contributed by atoms with E-state index in [1.54, 1.807) is 23.1 Å². The van der Waals surface area contributed by atoms with Crippen molar-refractivity contribution in [1.82, 2.24) is 15.0 Å². The van der Waals surface area contributed by atoms with Crippen molar-refractivity contribution in [2.75, 3.05) is 26.2 Å². The van der Waals surface area contributed by atoms with E-state index in [0.717, 1.165) is 12.8 Å². The average Bonchev–Trinajstić information content (AvgIpc) is 3.30. The van der Waals surface area contributed by atoms with Crippen LogP contribution >= 0.6 is 0 Å². The summed E-state index contributed by atoms with van der Waals surface area (Å²) >= 11 is 0. The Balaban J connectivity index is 1.56. The Kier molecular flexibility index (Phi) is 4.98. The van der Waals surface area contributed by atoms with E-state index in [4.69, 9.17) is 8.94 Å². The lowest BCUT2D eigenvalue weighted by Gasteiger charge is -2.34. The minimum Gasteiger partial charge on any atom is -0.461 e. The van der Waals surface area contributed by atoms with E-state index in [-0.39, 0.29) is 17.5 Å². The zero-order valence-electron chi connectivity index (χ0n) is 13.7. The zero-order valence-corrected chi connectivity index (χ0v) is 13.7. The molecule has 0 unspecified atom stereocenters. The van der Waals surface area contributed by atoms with Gasteiger partial charge in [-0.05, 0) is 18.6 Å². The van der Waals surface area contributed by atoms with Gasteiger partial charge in [-0.1, -0.05) is 18.5 Å². The van der Waals surface area contributed by atoms with Crippen LogP contribution in [0.2, 0.25) is 0 Å². The van der Waals surface area contributed by atoms with Crippen LogP contribution in [0.1, 0.15) is 36.7 Å². The summed E-state index contributed by atoms with van der Waals surface area (Å²) in [6.45, 7) is 4.23. The first-order chi connectivity index (χ1) is 11.7. The molecule has 1 aliphatic heterocycles. The maximum Gasteiger partial charge on any atom is 0.276 e. The first-order valence-corrected chi connectivity index (χ1v) is 8.26. The van der Waals surface area contributed by atoms with Crippen LogP contribution in [0, 0.1) is 0 Å². The fourth-order valence-electron chi connectivity index (χ4n) is 2.72. The molecule has 2 amide bonds. The van der Waals surface area contributed by atoms with Crippen LogP contribution in [0.3, 0.4) is 0 Å². The van der Waals surface area contributed by atoms with Gasteiger partial charge in [0.05, 0.1) is 6.26 Å². The number of hydrogen-bond donors (Lipinski definition) is 0. The van der Waals surface area contributed by atoms with Crippen LogP contribution in [0.5, 0.6) is 0 Å². The Labute approximate surface area is 140 Å². The second-order valence-electron chi connectivity index (χ2n) is 5.83. The lowest BCUT2D eigenvalue weighted by atomic mass is 10.2. The van der Waals surface area contributed by atoms with E-state index >= 15 is 0 Å². The molecule has 1 aliphatic rings. The molecule has 0 bridgehead atoms. The number of aromatic nitrogens is 1. The van der Waals surface area contributed by atoms with Gasteiger partial charge in [0, 0.05) is 38.7 Å². The molecule has 2 aromatic heterocycles. The van der Waals surface area contributed by atoms with Crippen molar-refractivity contribution >= 4 is 11.8 Å². The number of carbonyl (C=O) groups is 2. The van der Waals surface area contributed by atoms with Crippen molar-refractivity contribution in [3.63, 3.8) is 0 Å². The molecule has 128 valence electrons. The second kappa shape index (κ2) is 7.33. The van der Waals surface area contributed by atoms with Gasteiger partial charge >= 0.3 is 0 Å². The van der Waals surface area contributed by atoms with Gasteiger partial charge in [0.2, 0.25) is 11.7 Å². The molecule has 0 radical (unpaired) electrons. The number of furan rings is 1. The first-order valence-electron chi connectivity index (χ1n) is 8.26. The number of hydrogen-bond acceptors (Lipinski definition) is 5. The standard InChI is InChI=1S/C17H21N3O4/c1-2-3-6-16(21)19-7-9-20(10-8-19)17(22)13-12-15(24-18-13)14-5-4-11-23-14/h4-5,11-12H,2-3,6-10H2,1H3. The molecule has 1 saturated heterocycles. The molecule has 2 aromatic rings. The highest BCUT2D eigenvalue weighted by atomic mass is 16.5. The Morgan fingerprint density at radius 3 is 2.58 bits per heavy atom. The maximum absolute atomic E-state index is 12.5. The minimum absolute atomic E-state index is 0.172. The Morgan fingerprint density at radius 1 is 1.17 bits per heavy atom. The van der Waals surface area contributed by atoms with Crippen LogP contribution in [0.15, 0.2) is 33.4 Å². The predicted octanol–water partition coefficient (Wildman–Crippen LogP) is 2.41. The fraction of sp³-hybridized carbons (Fsp3) is 0.471. The van der Waals surface area contributed by atoms with Crippen LogP contribution in [-0.4, -0.2) is 52.9 Å². The second-order valence-corrected chi connectivity index (χ2v) is 5.83. The first kappa shape index (κ1) is 16.3. The molecule has 0 atom stereocenters. The quantitative estimate of drug-likeness (QED) is 0.840. The predicted molar refractivity (Wildman–Crippen MR) is 86.2 cm³/mol. The summed E-state index contributed by atoms with van der Waals surface area (Å²) in [5, 5.41) is 3.84. The third kappa shape index (κ3) is 3.50. The smallest absolute Gasteiger partial charge is 0.276 e. The largest absolute Gasteiger partial charge is 0.461 e. The summed E-state index contributed by atoms with van der Waals surface area (Å²) in [5.41, 5.74) is 0.257. The number of piperazine rings is 1. The molecule has 24 heavy (non-hydrogen) atoms. The molecule has 0 aliphatic carbocycles. The molecule has 1 fully saturated rings. The van der Waals surface area contributed by atoms with E-state index < -0.39 is 0 Å². The van der Waals surface area contributed by atoms with E-state index in [1.165, 1.54) is 6.26 Å². The van der Waals surface area contributed by atoms with Gasteiger partial charge in [-0.25, -0.2) is 0 Å². The molecule has 3 rings (SSSR count). The van der Waals surface area contributed by atoms with E-state index in [9.17, 15) is 9.59 Å². The number of rotatable bonds is 5. The van der Waals surface area contributed by atoms with E-state index in [0.29, 0.717) is 44.1 Å². The topological polar surface area (TPSA) is 79.8 Å². The van der Waals surface area contributed by atoms with Crippen LogP contribution < -0.4 is 0 Å². The van der Waals surface area contributed by atoms with Crippen LogP contribution in [0.4, 0.5) is 0 Å². The van der Waals surface area contributed by atoms with Crippen molar-refractivity contribution in [3.05, 3.63) is 30.2 Å². The number of unbranched alkanes of at least 4 members (excludes halogenated alkanes) is 1. The number of amides is 2. The summed E-state index contributed by atoms with van der Waals surface area (Å²) < 4.78 is 10.4. The fourth-order valence-corrected chi connectivity index (χ4v) is 2.72. The van der Waals surface area contributed by atoms with Crippen molar-refractivity contribution in [2.45, 2.75) is 26.2 Å². The van der Waals surface area contributed by atoms with Crippen molar-refractivity contribution in [2.24, 2.45) is 0 Å². The SMILES string of the molecule is CCCCC(=O)N1CCN(C(=O)c2cc(-c3ccco3)on2)CC1. The molecular formula is C17H21N3O4. The normalized spacial score (nSPS) is 14.9. The minimum atomic E-state index is -0.183. The van der Waals surface area contributed by atoms with Crippen molar-refractivity contribution in [1.29, 1.82) is 0 Å². The summed E-state index contributed by atoms with van der Waals surface area (Å²) in [7, 11) is 0. The zero-order chi connectivity index (χ0) is 16.9. The van der Waals surface area contributed by atoms with Crippen LogP contribution in [-0.2, 0) is 4.79 Å². The molecule has 0 aromatic carbocycles. The highest BCUT2D eigenvalue weighted by molar-refractivity contribution is 5.93. The Hall–Kier alpha value is -2.57. The lowest BCUT2D eigenvalue weighted by Crippen LogP contribution is -2.50. The lowest BCUT2D eigenvalue weighted by molar-refractivity contribution is -0.132. The van der Waals surface area contributed by atoms with Gasteiger partial charge in [-0.15, -0.1) is 0 Å². The van der Waals surface area contributed by atoms with Gasteiger partial charge < -0.3 is 18.7 Å². The number of carbonyl (C=O) groups excluding carboxylic acids is 2. The van der Waals surface area contributed by atoms with Crippen molar-refractivity contribution < 1.29 is 18.5 Å². The molecule has 0 spiro atoms. The Bertz CT molecular complexity index is 685. The van der Waals surface area contributed by atoms with Gasteiger partial charge in [0.25, 0.3) is 5.91 Å². The van der Waals surface area contributed by atoms with Gasteiger partial charge in [0.15, 0.2) is 11.5 Å². The summed E-state index contributed by atoms with van der Waals surface area (Å²) in [5.74, 6) is 0.951. The summed E-state index contributed by atoms with van der Waals surface area (Å²) in [6.07, 6.45) is 4.04. The highest BCUT2D eigenvalue weighted by Crippen LogP contribution is 2.21. The monoisotopic (exact) mass is 331 g/mol. The van der Waals surface area contributed by atoms with Crippen molar-refractivity contribution in [3.8, 4) is 11.5 Å². The highest BCUT2D eigenvalue weighted by Gasteiger charge is 2.26. The maximum atomic E-state index is 12.5. The van der Waals surface area contributed by atoms with Gasteiger partial charge in [-0.3, -0.25) is 9.59 Å². The van der Waals surface area contributed by atoms with E-state index in [2.05, 4.69) is 12.1 Å². The third-order valence-electron chi connectivity index (χ3n) is 4.16. The molecule has 0 N–H and O–H groups in total. The molecule has 7 heteroatoms.